The lowest BCUT2D eigenvalue weighted by atomic mass is 9.94. The summed E-state index contributed by atoms with van der Waals surface area (Å²) in [6, 6.07) is 14.4. The Kier molecular flexibility index (Phi) is 6.12. The van der Waals surface area contributed by atoms with Gasteiger partial charge in [0.05, 0.1) is 25.8 Å². The van der Waals surface area contributed by atoms with Gasteiger partial charge in [-0.2, -0.15) is 0 Å². The van der Waals surface area contributed by atoms with Crippen molar-refractivity contribution in [1.82, 2.24) is 9.88 Å². The molecule has 0 radical (unpaired) electrons. The number of nitrogens with zero attached hydrogens (tertiary/aromatic N) is 2. The molecule has 0 aliphatic carbocycles. The van der Waals surface area contributed by atoms with Gasteiger partial charge >= 0.3 is 0 Å². The molecular formula is C27H21ClN2O6. The van der Waals surface area contributed by atoms with Crippen LogP contribution in [0.3, 0.4) is 0 Å². The van der Waals surface area contributed by atoms with Gasteiger partial charge in [0.1, 0.15) is 5.75 Å². The molecule has 2 aromatic heterocycles. The lowest BCUT2D eigenvalue weighted by Gasteiger charge is -2.27. The number of pyridine rings is 1. The molecule has 0 saturated heterocycles. The summed E-state index contributed by atoms with van der Waals surface area (Å²) < 4.78 is 16.5. The SMILES string of the molecule is COc1cccc(C2C(C(=O)c3cc4cc(Cl)cc(OC)c4o3)=C(O)C(=O)N2Cc2ccncc2)c1. The molecule has 0 saturated carbocycles. The van der Waals surface area contributed by atoms with Crippen molar-refractivity contribution in [3.63, 3.8) is 0 Å². The zero-order valence-corrected chi connectivity index (χ0v) is 20.2. The number of aliphatic hydroxyl groups is 1. The number of amides is 1. The quantitative estimate of drug-likeness (QED) is 0.342. The molecule has 3 heterocycles. The Bertz CT molecular complexity index is 1510. The lowest BCUT2D eigenvalue weighted by Crippen LogP contribution is -2.30. The summed E-state index contributed by atoms with van der Waals surface area (Å²) in [5, 5.41) is 11.9. The molecule has 0 bridgehead atoms. The highest BCUT2D eigenvalue weighted by molar-refractivity contribution is 6.31. The maximum Gasteiger partial charge on any atom is 0.290 e. The fourth-order valence-corrected chi connectivity index (χ4v) is 4.59. The normalized spacial score (nSPS) is 15.6. The van der Waals surface area contributed by atoms with Crippen LogP contribution in [0.1, 0.15) is 27.7 Å². The Morgan fingerprint density at radius 3 is 2.61 bits per heavy atom. The number of ether oxygens (including phenoxy) is 2. The highest BCUT2D eigenvalue weighted by Crippen LogP contribution is 2.42. The number of furan rings is 1. The number of aliphatic hydroxyl groups excluding tert-OH is 1. The van der Waals surface area contributed by atoms with Gasteiger partial charge in [-0.1, -0.05) is 23.7 Å². The van der Waals surface area contributed by atoms with Crippen molar-refractivity contribution in [3.05, 3.63) is 100 Å². The minimum atomic E-state index is -0.882. The topological polar surface area (TPSA) is 102 Å². The first-order valence-corrected chi connectivity index (χ1v) is 11.4. The Morgan fingerprint density at radius 2 is 1.89 bits per heavy atom. The van der Waals surface area contributed by atoms with Gasteiger partial charge in [-0.3, -0.25) is 14.6 Å². The summed E-state index contributed by atoms with van der Waals surface area (Å²) in [5.41, 5.74) is 1.63. The summed E-state index contributed by atoms with van der Waals surface area (Å²) in [4.78, 5) is 32.5. The van der Waals surface area contributed by atoms with E-state index < -0.39 is 23.5 Å². The molecule has 1 unspecified atom stereocenters. The van der Waals surface area contributed by atoms with E-state index in [1.165, 1.54) is 25.2 Å². The Balaban J connectivity index is 1.62. The second kappa shape index (κ2) is 9.39. The van der Waals surface area contributed by atoms with Gasteiger partial charge in [-0.05, 0) is 47.5 Å². The molecule has 182 valence electrons. The van der Waals surface area contributed by atoms with Gasteiger partial charge in [0.15, 0.2) is 22.9 Å². The van der Waals surface area contributed by atoms with E-state index in [4.69, 9.17) is 25.5 Å². The van der Waals surface area contributed by atoms with Crippen molar-refractivity contribution in [2.45, 2.75) is 12.6 Å². The maximum atomic E-state index is 13.8. The lowest BCUT2D eigenvalue weighted by molar-refractivity contribution is -0.130. The number of benzene rings is 2. The first-order chi connectivity index (χ1) is 17.4. The van der Waals surface area contributed by atoms with Crippen molar-refractivity contribution in [3.8, 4) is 11.5 Å². The minimum absolute atomic E-state index is 0.0569. The van der Waals surface area contributed by atoms with Crippen LogP contribution in [0.4, 0.5) is 0 Å². The van der Waals surface area contributed by atoms with Gasteiger partial charge in [-0.15, -0.1) is 0 Å². The van der Waals surface area contributed by atoms with Crippen LogP contribution in [-0.4, -0.2) is 40.9 Å². The minimum Gasteiger partial charge on any atom is -0.503 e. The van der Waals surface area contributed by atoms with Crippen LogP contribution in [0.15, 0.2) is 82.7 Å². The molecule has 1 atom stereocenters. The highest BCUT2D eigenvalue weighted by atomic mass is 35.5. The third-order valence-electron chi connectivity index (χ3n) is 6.05. The molecule has 8 nitrogen and oxygen atoms in total. The number of hydrogen-bond acceptors (Lipinski definition) is 7. The summed E-state index contributed by atoms with van der Waals surface area (Å²) in [5.74, 6) is -1.07. The third-order valence-corrected chi connectivity index (χ3v) is 6.27. The van der Waals surface area contributed by atoms with Crippen molar-refractivity contribution in [2.24, 2.45) is 0 Å². The second-order valence-electron chi connectivity index (χ2n) is 8.20. The van der Waals surface area contributed by atoms with Crippen LogP contribution in [0.2, 0.25) is 5.02 Å². The number of carbonyl (C=O) groups excluding carboxylic acids is 2. The number of hydrogen-bond donors (Lipinski definition) is 1. The van der Waals surface area contributed by atoms with E-state index in [-0.39, 0.29) is 17.9 Å². The predicted octanol–water partition coefficient (Wildman–Crippen LogP) is 5.28. The number of rotatable bonds is 7. The smallest absolute Gasteiger partial charge is 0.290 e. The second-order valence-corrected chi connectivity index (χ2v) is 8.63. The zero-order chi connectivity index (χ0) is 25.4. The van der Waals surface area contributed by atoms with Crippen LogP contribution in [0.5, 0.6) is 11.5 Å². The monoisotopic (exact) mass is 504 g/mol. The van der Waals surface area contributed by atoms with E-state index in [2.05, 4.69) is 4.98 Å². The fourth-order valence-electron chi connectivity index (χ4n) is 4.37. The van der Waals surface area contributed by atoms with E-state index in [0.29, 0.717) is 33.1 Å². The third kappa shape index (κ3) is 4.05. The maximum absolute atomic E-state index is 13.8. The number of ketones is 1. The number of methoxy groups -OCH3 is 2. The summed E-state index contributed by atoms with van der Waals surface area (Å²) in [7, 11) is 2.99. The molecule has 5 rings (SSSR count). The summed E-state index contributed by atoms with van der Waals surface area (Å²) >= 11 is 6.17. The first-order valence-electron chi connectivity index (χ1n) is 11.0. The molecular weight excluding hydrogens is 484 g/mol. The van der Waals surface area contributed by atoms with Gasteiger partial charge in [0.25, 0.3) is 5.91 Å². The van der Waals surface area contributed by atoms with Crippen molar-refractivity contribution in [1.29, 1.82) is 0 Å². The van der Waals surface area contributed by atoms with E-state index >= 15 is 0 Å². The number of halogens is 1. The molecule has 0 spiro atoms. The number of aromatic nitrogens is 1. The molecule has 1 N–H and O–H groups in total. The summed E-state index contributed by atoms with van der Waals surface area (Å²) in [6.45, 7) is 0.146. The van der Waals surface area contributed by atoms with Crippen LogP contribution in [-0.2, 0) is 11.3 Å². The Hall–Kier alpha value is -4.30. The first kappa shape index (κ1) is 23.4. The van der Waals surface area contributed by atoms with E-state index in [0.717, 1.165) is 5.56 Å². The highest BCUT2D eigenvalue weighted by Gasteiger charge is 2.44. The fraction of sp³-hybridized carbons (Fsp3) is 0.148. The molecule has 1 aliphatic rings. The standard InChI is InChI=1S/C27H21ClN2O6/c1-34-19-5-3-4-16(11-19)23-22(25(32)27(33)30(23)14-15-6-8-29-9-7-15)24(31)20-12-17-10-18(28)13-21(35-2)26(17)36-20/h3-13,23,32H,14H2,1-2H3. The number of carbonyl (C=O) groups is 2. The van der Waals surface area contributed by atoms with E-state index in [1.54, 1.807) is 60.9 Å². The van der Waals surface area contributed by atoms with Gasteiger partial charge in [-0.25, -0.2) is 0 Å². The van der Waals surface area contributed by atoms with Gasteiger partial charge in [0.2, 0.25) is 5.78 Å². The molecule has 4 aromatic rings. The summed E-state index contributed by atoms with van der Waals surface area (Å²) in [6.07, 6.45) is 3.23. The Labute approximate surface area is 211 Å². The van der Waals surface area contributed by atoms with E-state index in [9.17, 15) is 14.7 Å². The molecule has 1 aliphatic heterocycles. The molecule has 2 aromatic carbocycles. The Morgan fingerprint density at radius 1 is 1.11 bits per heavy atom. The van der Waals surface area contributed by atoms with Crippen LogP contribution in [0.25, 0.3) is 11.0 Å². The van der Waals surface area contributed by atoms with Crippen LogP contribution in [0, 0.1) is 0 Å². The van der Waals surface area contributed by atoms with Crippen LogP contribution >= 0.6 is 11.6 Å². The van der Waals surface area contributed by atoms with Crippen molar-refractivity contribution >= 4 is 34.3 Å². The molecule has 0 fully saturated rings. The zero-order valence-electron chi connectivity index (χ0n) is 19.4. The molecule has 1 amide bonds. The number of Topliss-reactive ketones (excluding diaryl/α,β-unsaturated/α-hetero) is 1. The number of fused-ring (bicyclic) bond motifs is 1. The van der Waals surface area contributed by atoms with Gasteiger partial charge < -0.3 is 23.9 Å². The van der Waals surface area contributed by atoms with E-state index in [1.807, 2.05) is 0 Å². The van der Waals surface area contributed by atoms with Crippen molar-refractivity contribution < 1.29 is 28.6 Å². The average molecular weight is 505 g/mol. The molecule has 36 heavy (non-hydrogen) atoms. The van der Waals surface area contributed by atoms with Gasteiger partial charge in [0, 0.05) is 35.4 Å². The van der Waals surface area contributed by atoms with Crippen molar-refractivity contribution in [2.75, 3.05) is 14.2 Å². The van der Waals surface area contributed by atoms with Crippen LogP contribution < -0.4 is 9.47 Å². The largest absolute Gasteiger partial charge is 0.503 e. The average Bonchev–Trinajstić information content (AvgIpc) is 3.43. The molecule has 9 heteroatoms. The predicted molar refractivity (Wildman–Crippen MR) is 132 cm³/mol.